The molecular weight excluding hydrogens is 376 g/mol. The van der Waals surface area contributed by atoms with E-state index in [9.17, 15) is 15.0 Å². The zero-order valence-electron chi connectivity index (χ0n) is 15.9. The number of hydrogen-bond acceptors (Lipinski definition) is 7. The number of ether oxygens (including phenoxy) is 4. The van der Waals surface area contributed by atoms with E-state index in [0.717, 1.165) is 11.1 Å². The van der Waals surface area contributed by atoms with Crippen molar-refractivity contribution in [1.82, 2.24) is 0 Å². The Labute approximate surface area is 166 Å². The number of carbonyl (C=O) groups is 1. The van der Waals surface area contributed by atoms with Crippen LogP contribution in [0.25, 0.3) is 0 Å². The van der Waals surface area contributed by atoms with Gasteiger partial charge in [0.25, 0.3) is 0 Å². The summed E-state index contributed by atoms with van der Waals surface area (Å²) in [5, 5.41) is 21.2. The van der Waals surface area contributed by atoms with E-state index >= 15 is 0 Å². The molecule has 2 aliphatic heterocycles. The summed E-state index contributed by atoms with van der Waals surface area (Å²) in [6, 6.07) is 8.81. The molecule has 29 heavy (non-hydrogen) atoms. The Hall–Kier alpha value is -2.45. The molecule has 6 atom stereocenters. The van der Waals surface area contributed by atoms with Crippen molar-refractivity contribution in [2.45, 2.75) is 42.5 Å². The number of hydrogen-bond donors (Lipinski definition) is 2. The summed E-state index contributed by atoms with van der Waals surface area (Å²) >= 11 is 0. The van der Waals surface area contributed by atoms with Gasteiger partial charge < -0.3 is 29.2 Å². The number of rotatable bonds is 2. The summed E-state index contributed by atoms with van der Waals surface area (Å²) in [6.45, 7) is 0. The van der Waals surface area contributed by atoms with E-state index in [0.29, 0.717) is 22.4 Å². The predicted octanol–water partition coefficient (Wildman–Crippen LogP) is 2.13. The number of methoxy groups -OCH3 is 2. The average molecular weight is 396 g/mol. The molecule has 0 bridgehead atoms. The third-order valence-electron chi connectivity index (χ3n) is 6.76. The number of Topliss-reactive ketones (excluding diaryl/α,β-unsaturated/α-hetero) is 1. The Bertz CT molecular complexity index is 1060. The number of phenolic OH excluding ortho intramolecular Hbond substituents is 1. The van der Waals surface area contributed by atoms with Gasteiger partial charge in [-0.25, -0.2) is 0 Å². The molecule has 1 spiro atoms. The van der Waals surface area contributed by atoms with Gasteiger partial charge in [-0.05, 0) is 23.3 Å². The molecule has 2 aromatic rings. The van der Waals surface area contributed by atoms with Gasteiger partial charge in [-0.1, -0.05) is 18.2 Å². The highest BCUT2D eigenvalue weighted by molar-refractivity contribution is 6.02. The molecule has 0 saturated carbocycles. The molecular formula is C22H20O7. The molecule has 7 nitrogen and oxygen atoms in total. The van der Waals surface area contributed by atoms with Crippen molar-refractivity contribution < 1.29 is 34.0 Å². The van der Waals surface area contributed by atoms with Crippen LogP contribution < -0.4 is 4.74 Å². The lowest BCUT2D eigenvalue weighted by Gasteiger charge is -2.42. The van der Waals surface area contributed by atoms with Crippen LogP contribution in [-0.4, -0.2) is 48.5 Å². The van der Waals surface area contributed by atoms with Gasteiger partial charge in [-0.3, -0.25) is 4.79 Å². The first kappa shape index (κ1) is 17.4. The second kappa shape index (κ2) is 5.58. The van der Waals surface area contributed by atoms with Crippen molar-refractivity contribution in [2.24, 2.45) is 0 Å². The molecule has 1 saturated heterocycles. The molecule has 6 rings (SSSR count). The number of aliphatic hydroxyl groups is 1. The van der Waals surface area contributed by atoms with E-state index in [1.807, 2.05) is 12.1 Å². The van der Waals surface area contributed by atoms with Crippen molar-refractivity contribution in [3.05, 3.63) is 58.1 Å². The number of ketones is 1. The number of benzene rings is 2. The van der Waals surface area contributed by atoms with Gasteiger partial charge in [0.2, 0.25) is 0 Å². The quantitative estimate of drug-likeness (QED) is 0.751. The first-order valence-corrected chi connectivity index (χ1v) is 9.64. The summed E-state index contributed by atoms with van der Waals surface area (Å²) in [5.74, 6) is 0.435. The normalized spacial score (nSPS) is 35.8. The molecule has 0 aromatic heterocycles. The molecule has 2 aromatic carbocycles. The van der Waals surface area contributed by atoms with E-state index in [4.69, 9.17) is 18.9 Å². The largest absolute Gasteiger partial charge is 0.508 e. The number of fused-ring (bicyclic) bond motifs is 5. The van der Waals surface area contributed by atoms with Crippen LogP contribution >= 0.6 is 0 Å². The highest BCUT2D eigenvalue weighted by atomic mass is 16.6. The van der Waals surface area contributed by atoms with E-state index in [1.54, 1.807) is 25.3 Å². The average Bonchev–Trinajstić information content (AvgIpc) is 3.47. The zero-order chi connectivity index (χ0) is 20.1. The molecule has 0 amide bonds. The maximum absolute atomic E-state index is 13.0. The lowest BCUT2D eigenvalue weighted by atomic mass is 9.71. The van der Waals surface area contributed by atoms with Gasteiger partial charge in [0.1, 0.15) is 47.6 Å². The summed E-state index contributed by atoms with van der Waals surface area (Å²) in [5.41, 5.74) is 2.07. The molecule has 1 fully saturated rings. The van der Waals surface area contributed by atoms with Crippen molar-refractivity contribution in [1.29, 1.82) is 0 Å². The lowest BCUT2D eigenvalue weighted by molar-refractivity contribution is -0.139. The first-order chi connectivity index (χ1) is 14.0. The fraction of sp³-hybridized carbons (Fsp3) is 0.409. The number of epoxide rings is 1. The first-order valence-electron chi connectivity index (χ1n) is 9.64. The second-order valence-corrected chi connectivity index (χ2v) is 7.98. The van der Waals surface area contributed by atoms with Crippen molar-refractivity contribution in [3.8, 4) is 11.5 Å². The highest BCUT2D eigenvalue weighted by Crippen LogP contribution is 2.64. The lowest BCUT2D eigenvalue weighted by Crippen LogP contribution is -2.47. The van der Waals surface area contributed by atoms with Gasteiger partial charge in [0.15, 0.2) is 5.78 Å². The minimum absolute atomic E-state index is 0.0163. The van der Waals surface area contributed by atoms with E-state index in [-0.39, 0.29) is 24.1 Å². The maximum Gasteiger partial charge on any atom is 0.169 e. The molecule has 0 radical (unpaired) electrons. The Morgan fingerprint density at radius 1 is 1.10 bits per heavy atom. The smallest absolute Gasteiger partial charge is 0.169 e. The monoisotopic (exact) mass is 396 g/mol. The Balaban J connectivity index is 1.68. The molecule has 2 heterocycles. The van der Waals surface area contributed by atoms with E-state index < -0.39 is 30.0 Å². The standard InChI is InChI=1S/C22H20O7/c1-26-13-5-3-4-9-15(13)12(24)8-14(27-2)22(9)10-6-7-11(23)17-16(10)19(29-22)21-20(28-21)18(17)25/h3-7,14,18-21,23,25H,8H2,1-2H3/t14-,18-,19+,20-,21+,22-/m0/s1. The minimum atomic E-state index is -1.06. The predicted molar refractivity (Wildman–Crippen MR) is 99.1 cm³/mol. The Morgan fingerprint density at radius 3 is 2.69 bits per heavy atom. The molecule has 4 aliphatic rings. The van der Waals surface area contributed by atoms with Gasteiger partial charge in [0, 0.05) is 24.7 Å². The molecule has 2 aliphatic carbocycles. The summed E-state index contributed by atoms with van der Waals surface area (Å²) in [6.07, 6.45) is -2.50. The van der Waals surface area contributed by atoms with Crippen LogP contribution in [-0.2, 0) is 19.8 Å². The van der Waals surface area contributed by atoms with Crippen LogP contribution in [0.15, 0.2) is 30.3 Å². The van der Waals surface area contributed by atoms with Gasteiger partial charge in [-0.2, -0.15) is 0 Å². The molecule has 0 unspecified atom stereocenters. The van der Waals surface area contributed by atoms with Crippen LogP contribution in [0.5, 0.6) is 11.5 Å². The number of phenols is 1. The third kappa shape index (κ3) is 1.94. The number of carbonyl (C=O) groups excluding carboxylic acids is 1. The zero-order valence-corrected chi connectivity index (χ0v) is 15.9. The number of aromatic hydroxyl groups is 1. The van der Waals surface area contributed by atoms with Crippen LogP contribution in [0.1, 0.15) is 51.2 Å². The SMILES string of the molecule is COc1cccc2c1C(=O)C[C@H](OC)[C@]21O[C@@H]2c3c1ccc(O)c3[C@H](O)[C@@H]1O[C@@H]12. The topological polar surface area (TPSA) is 97.8 Å². The molecule has 150 valence electrons. The van der Waals surface area contributed by atoms with Crippen molar-refractivity contribution in [2.75, 3.05) is 14.2 Å². The molecule has 7 heteroatoms. The number of aliphatic hydroxyl groups excluding tert-OH is 1. The summed E-state index contributed by atoms with van der Waals surface area (Å²) in [4.78, 5) is 13.0. The second-order valence-electron chi connectivity index (χ2n) is 7.98. The Kier molecular flexibility index (Phi) is 3.35. The van der Waals surface area contributed by atoms with Crippen LogP contribution in [0.4, 0.5) is 0 Å². The van der Waals surface area contributed by atoms with Crippen molar-refractivity contribution in [3.63, 3.8) is 0 Å². The highest BCUT2D eigenvalue weighted by Gasteiger charge is 2.66. The van der Waals surface area contributed by atoms with E-state index in [1.165, 1.54) is 7.11 Å². The Morgan fingerprint density at radius 2 is 1.93 bits per heavy atom. The van der Waals surface area contributed by atoms with Gasteiger partial charge in [-0.15, -0.1) is 0 Å². The third-order valence-corrected chi connectivity index (χ3v) is 6.76. The van der Waals surface area contributed by atoms with Crippen LogP contribution in [0.2, 0.25) is 0 Å². The maximum atomic E-state index is 13.0. The molecule has 2 N–H and O–H groups in total. The van der Waals surface area contributed by atoms with Gasteiger partial charge >= 0.3 is 0 Å². The van der Waals surface area contributed by atoms with E-state index in [2.05, 4.69) is 0 Å². The van der Waals surface area contributed by atoms with Crippen LogP contribution in [0, 0.1) is 0 Å². The summed E-state index contributed by atoms with van der Waals surface area (Å²) in [7, 11) is 3.10. The minimum Gasteiger partial charge on any atom is -0.508 e. The summed E-state index contributed by atoms with van der Waals surface area (Å²) < 4.78 is 23.7. The fourth-order valence-corrected chi connectivity index (χ4v) is 5.51. The van der Waals surface area contributed by atoms with Crippen molar-refractivity contribution >= 4 is 5.78 Å². The van der Waals surface area contributed by atoms with Crippen LogP contribution in [0.3, 0.4) is 0 Å². The van der Waals surface area contributed by atoms with Gasteiger partial charge in [0.05, 0.1) is 12.7 Å². The fourth-order valence-electron chi connectivity index (χ4n) is 5.51.